The molecule has 0 fully saturated rings. The van der Waals surface area contributed by atoms with Crippen molar-refractivity contribution in [3.63, 3.8) is 0 Å². The van der Waals surface area contributed by atoms with Gasteiger partial charge in [-0.1, -0.05) is 30.3 Å². The Morgan fingerprint density at radius 3 is 2.78 bits per heavy atom. The monoisotopic (exact) mass is 262 g/mol. The largest absolute Gasteiger partial charge is 0.388 e. The summed E-state index contributed by atoms with van der Waals surface area (Å²) in [5, 5.41) is 15.0. The molecular formula is C13H14N2O2S. The number of amides is 1. The summed E-state index contributed by atoms with van der Waals surface area (Å²) in [6.07, 6.45) is -0.755. The Labute approximate surface area is 109 Å². The summed E-state index contributed by atoms with van der Waals surface area (Å²) in [4.78, 5) is 15.8. The van der Waals surface area contributed by atoms with E-state index >= 15 is 0 Å². The summed E-state index contributed by atoms with van der Waals surface area (Å²) in [7, 11) is 0. The SMILES string of the molecule is Cc1csc(NC(=O)CC(O)c2ccccc2)n1. The number of carbonyl (C=O) groups is 1. The van der Waals surface area contributed by atoms with Gasteiger partial charge in [-0.3, -0.25) is 4.79 Å². The molecule has 18 heavy (non-hydrogen) atoms. The highest BCUT2D eigenvalue weighted by atomic mass is 32.1. The molecule has 4 nitrogen and oxygen atoms in total. The molecule has 0 spiro atoms. The smallest absolute Gasteiger partial charge is 0.229 e. The zero-order chi connectivity index (χ0) is 13.0. The zero-order valence-electron chi connectivity index (χ0n) is 9.96. The van der Waals surface area contributed by atoms with Crippen molar-refractivity contribution < 1.29 is 9.90 Å². The van der Waals surface area contributed by atoms with Crippen LogP contribution in [0.5, 0.6) is 0 Å². The number of carbonyl (C=O) groups excluding carboxylic acids is 1. The molecule has 1 aromatic heterocycles. The molecule has 5 heteroatoms. The second-order valence-electron chi connectivity index (χ2n) is 3.97. The first-order valence-corrected chi connectivity index (χ1v) is 6.48. The molecule has 1 amide bonds. The van der Waals surface area contributed by atoms with E-state index in [0.29, 0.717) is 5.13 Å². The van der Waals surface area contributed by atoms with Gasteiger partial charge in [0, 0.05) is 5.38 Å². The van der Waals surface area contributed by atoms with Crippen LogP contribution in [-0.2, 0) is 4.79 Å². The third kappa shape index (κ3) is 3.38. The molecule has 0 saturated carbocycles. The number of rotatable bonds is 4. The number of hydrogen-bond acceptors (Lipinski definition) is 4. The van der Waals surface area contributed by atoms with E-state index in [2.05, 4.69) is 10.3 Å². The summed E-state index contributed by atoms with van der Waals surface area (Å²) < 4.78 is 0. The standard InChI is InChI=1S/C13H14N2O2S/c1-9-8-18-13(14-9)15-12(17)7-11(16)10-5-3-2-4-6-10/h2-6,8,11,16H,7H2,1H3,(H,14,15,17). The fourth-order valence-electron chi connectivity index (χ4n) is 1.55. The van der Waals surface area contributed by atoms with Gasteiger partial charge in [0.15, 0.2) is 5.13 Å². The van der Waals surface area contributed by atoms with Crippen LogP contribution in [0.4, 0.5) is 5.13 Å². The Bertz CT molecular complexity index is 525. The van der Waals surface area contributed by atoms with Gasteiger partial charge in [-0.25, -0.2) is 4.98 Å². The number of nitrogens with one attached hydrogen (secondary N) is 1. The summed E-state index contributed by atoms with van der Waals surface area (Å²) in [5.41, 5.74) is 1.61. The Morgan fingerprint density at radius 2 is 2.17 bits per heavy atom. The van der Waals surface area contributed by atoms with Crippen molar-refractivity contribution in [1.29, 1.82) is 0 Å². The van der Waals surface area contributed by atoms with E-state index in [1.165, 1.54) is 11.3 Å². The van der Waals surface area contributed by atoms with Crippen LogP contribution in [0.15, 0.2) is 35.7 Å². The highest BCUT2D eigenvalue weighted by Gasteiger charge is 2.13. The fraction of sp³-hybridized carbons (Fsp3) is 0.231. The van der Waals surface area contributed by atoms with Crippen LogP contribution in [0, 0.1) is 6.92 Å². The van der Waals surface area contributed by atoms with Crippen molar-refractivity contribution in [2.45, 2.75) is 19.4 Å². The lowest BCUT2D eigenvalue weighted by atomic mass is 10.1. The Kier molecular flexibility index (Phi) is 4.07. The molecule has 2 aromatic rings. The summed E-state index contributed by atoms with van der Waals surface area (Å²) in [6, 6.07) is 9.13. The van der Waals surface area contributed by atoms with Gasteiger partial charge in [0.25, 0.3) is 0 Å². The molecule has 94 valence electrons. The molecule has 0 aliphatic rings. The minimum atomic E-state index is -0.785. The van der Waals surface area contributed by atoms with E-state index < -0.39 is 6.10 Å². The summed E-state index contributed by atoms with van der Waals surface area (Å²) >= 11 is 1.38. The maximum atomic E-state index is 11.7. The number of hydrogen-bond donors (Lipinski definition) is 2. The van der Waals surface area contributed by atoms with Gasteiger partial charge in [0.2, 0.25) is 5.91 Å². The van der Waals surface area contributed by atoms with E-state index in [-0.39, 0.29) is 12.3 Å². The Balaban J connectivity index is 1.92. The average Bonchev–Trinajstić information content (AvgIpc) is 2.75. The minimum absolute atomic E-state index is 0.0304. The third-order valence-corrected chi connectivity index (χ3v) is 3.30. The fourth-order valence-corrected chi connectivity index (χ4v) is 2.25. The van der Waals surface area contributed by atoms with Crippen molar-refractivity contribution >= 4 is 22.4 Å². The molecule has 0 bridgehead atoms. The van der Waals surface area contributed by atoms with E-state index in [0.717, 1.165) is 11.3 Å². The zero-order valence-corrected chi connectivity index (χ0v) is 10.8. The number of anilines is 1. The van der Waals surface area contributed by atoms with Crippen LogP contribution in [0.25, 0.3) is 0 Å². The molecule has 1 unspecified atom stereocenters. The van der Waals surface area contributed by atoms with E-state index in [1.807, 2.05) is 30.5 Å². The molecule has 1 aromatic carbocycles. The van der Waals surface area contributed by atoms with Gasteiger partial charge in [-0.05, 0) is 12.5 Å². The number of aromatic nitrogens is 1. The number of benzene rings is 1. The van der Waals surface area contributed by atoms with Crippen molar-refractivity contribution in [2.24, 2.45) is 0 Å². The molecule has 0 aliphatic heterocycles. The number of aryl methyl sites for hydroxylation is 1. The maximum Gasteiger partial charge on any atom is 0.229 e. The highest BCUT2D eigenvalue weighted by Crippen LogP contribution is 2.19. The van der Waals surface area contributed by atoms with E-state index in [1.54, 1.807) is 12.1 Å². The molecule has 0 aliphatic carbocycles. The second-order valence-corrected chi connectivity index (χ2v) is 4.83. The van der Waals surface area contributed by atoms with Crippen molar-refractivity contribution in [1.82, 2.24) is 4.98 Å². The van der Waals surface area contributed by atoms with Crippen LogP contribution >= 0.6 is 11.3 Å². The third-order valence-electron chi connectivity index (χ3n) is 2.43. The van der Waals surface area contributed by atoms with Crippen molar-refractivity contribution in [3.05, 3.63) is 47.0 Å². The predicted octanol–water partition coefficient (Wildman–Crippen LogP) is 2.51. The summed E-state index contributed by atoms with van der Waals surface area (Å²) in [6.45, 7) is 1.87. The highest BCUT2D eigenvalue weighted by molar-refractivity contribution is 7.13. The molecule has 0 saturated heterocycles. The number of aliphatic hydroxyl groups excluding tert-OH is 1. The number of aliphatic hydroxyl groups is 1. The Hall–Kier alpha value is -1.72. The van der Waals surface area contributed by atoms with Crippen LogP contribution in [0.2, 0.25) is 0 Å². The van der Waals surface area contributed by atoms with Gasteiger partial charge >= 0.3 is 0 Å². The first-order chi connectivity index (χ1) is 8.65. The molecule has 1 atom stereocenters. The lowest BCUT2D eigenvalue weighted by molar-refractivity contribution is -0.118. The molecule has 2 rings (SSSR count). The first kappa shape index (κ1) is 12.7. The molecular weight excluding hydrogens is 248 g/mol. The van der Waals surface area contributed by atoms with Gasteiger partial charge in [-0.15, -0.1) is 11.3 Å². The van der Waals surface area contributed by atoms with Gasteiger partial charge in [0.1, 0.15) is 0 Å². The van der Waals surface area contributed by atoms with Gasteiger partial charge in [0.05, 0.1) is 18.2 Å². The number of thiazole rings is 1. The normalized spacial score (nSPS) is 12.1. The number of nitrogens with zero attached hydrogens (tertiary/aromatic N) is 1. The van der Waals surface area contributed by atoms with Crippen LogP contribution < -0.4 is 5.32 Å². The lowest BCUT2D eigenvalue weighted by Gasteiger charge is -2.09. The second kappa shape index (κ2) is 5.75. The molecule has 2 N–H and O–H groups in total. The van der Waals surface area contributed by atoms with Crippen LogP contribution in [-0.4, -0.2) is 16.0 Å². The first-order valence-electron chi connectivity index (χ1n) is 5.60. The van der Waals surface area contributed by atoms with E-state index in [4.69, 9.17) is 0 Å². The van der Waals surface area contributed by atoms with E-state index in [9.17, 15) is 9.90 Å². The van der Waals surface area contributed by atoms with Crippen LogP contribution in [0.3, 0.4) is 0 Å². The average molecular weight is 262 g/mol. The van der Waals surface area contributed by atoms with Crippen molar-refractivity contribution in [2.75, 3.05) is 5.32 Å². The Morgan fingerprint density at radius 1 is 1.44 bits per heavy atom. The topological polar surface area (TPSA) is 62.2 Å². The quantitative estimate of drug-likeness (QED) is 0.890. The van der Waals surface area contributed by atoms with Gasteiger partial charge < -0.3 is 10.4 Å². The maximum absolute atomic E-state index is 11.7. The van der Waals surface area contributed by atoms with Gasteiger partial charge in [-0.2, -0.15) is 0 Å². The minimum Gasteiger partial charge on any atom is -0.388 e. The van der Waals surface area contributed by atoms with Crippen LogP contribution in [0.1, 0.15) is 23.8 Å². The molecule has 1 heterocycles. The summed E-state index contributed by atoms with van der Waals surface area (Å²) in [5.74, 6) is -0.235. The predicted molar refractivity (Wildman–Crippen MR) is 71.5 cm³/mol. The van der Waals surface area contributed by atoms with Crippen molar-refractivity contribution in [3.8, 4) is 0 Å². The lowest BCUT2D eigenvalue weighted by Crippen LogP contribution is -2.15. The molecule has 0 radical (unpaired) electrons.